The third-order valence-electron chi connectivity index (χ3n) is 4.08. The molecule has 0 aliphatic carbocycles. The first-order valence-corrected chi connectivity index (χ1v) is 6.91. The van der Waals surface area contributed by atoms with Gasteiger partial charge in [-0.1, -0.05) is 30.3 Å². The lowest BCUT2D eigenvalue weighted by molar-refractivity contribution is 0.637. The Morgan fingerprint density at radius 2 is 1.85 bits per heavy atom. The number of nitrogens with zero attached hydrogens (tertiary/aromatic N) is 1. The summed E-state index contributed by atoms with van der Waals surface area (Å²) in [5.74, 6) is -0.164. The molecule has 1 aliphatic heterocycles. The van der Waals surface area contributed by atoms with Crippen LogP contribution in [0.5, 0.6) is 0 Å². The van der Waals surface area contributed by atoms with Crippen molar-refractivity contribution >= 4 is 16.6 Å². The number of anilines is 1. The van der Waals surface area contributed by atoms with Crippen LogP contribution < -0.4 is 4.90 Å². The van der Waals surface area contributed by atoms with Crippen molar-refractivity contribution in [3.8, 4) is 0 Å². The number of aromatic amines is 1. The molecule has 3 heteroatoms. The molecule has 0 fully saturated rings. The number of rotatable bonds is 1. The van der Waals surface area contributed by atoms with E-state index in [4.69, 9.17) is 0 Å². The number of aromatic nitrogens is 1. The van der Waals surface area contributed by atoms with Crippen LogP contribution in [-0.4, -0.2) is 11.5 Å². The van der Waals surface area contributed by atoms with E-state index in [2.05, 4.69) is 34.1 Å². The molecule has 0 spiro atoms. The number of para-hydroxylation sites is 2. The Balaban J connectivity index is 1.79. The van der Waals surface area contributed by atoms with Gasteiger partial charge in [0, 0.05) is 41.8 Å². The van der Waals surface area contributed by atoms with E-state index >= 15 is 0 Å². The van der Waals surface area contributed by atoms with Gasteiger partial charge in [0.25, 0.3) is 0 Å². The van der Waals surface area contributed by atoms with Crippen LogP contribution >= 0.6 is 0 Å². The molecule has 20 heavy (non-hydrogen) atoms. The largest absolute Gasteiger partial charge is 0.367 e. The molecule has 4 rings (SSSR count). The van der Waals surface area contributed by atoms with Gasteiger partial charge in [-0.05, 0) is 18.2 Å². The SMILES string of the molecule is Fc1cccc2c3c([nH]c12)CCN(c1ccccc1)C3. The Morgan fingerprint density at radius 1 is 1.00 bits per heavy atom. The van der Waals surface area contributed by atoms with Crippen LogP contribution in [-0.2, 0) is 13.0 Å². The molecule has 2 aromatic carbocycles. The van der Waals surface area contributed by atoms with Crippen LogP contribution in [0.25, 0.3) is 10.9 Å². The maximum atomic E-state index is 13.8. The third kappa shape index (κ3) is 1.70. The first-order chi connectivity index (χ1) is 9.83. The molecule has 0 unspecified atom stereocenters. The summed E-state index contributed by atoms with van der Waals surface area (Å²) in [5.41, 5.74) is 4.28. The van der Waals surface area contributed by atoms with Crippen LogP contribution in [0.4, 0.5) is 10.1 Å². The van der Waals surface area contributed by atoms with Gasteiger partial charge in [0.15, 0.2) is 0 Å². The van der Waals surface area contributed by atoms with E-state index in [1.54, 1.807) is 6.07 Å². The summed E-state index contributed by atoms with van der Waals surface area (Å²) in [5, 5.41) is 1.01. The summed E-state index contributed by atoms with van der Waals surface area (Å²) in [6, 6.07) is 15.7. The molecule has 0 radical (unpaired) electrons. The number of hydrogen-bond donors (Lipinski definition) is 1. The minimum absolute atomic E-state index is 0.164. The van der Waals surface area contributed by atoms with E-state index in [9.17, 15) is 4.39 Å². The van der Waals surface area contributed by atoms with Crippen molar-refractivity contribution in [2.45, 2.75) is 13.0 Å². The fourth-order valence-corrected chi connectivity index (χ4v) is 3.06. The zero-order valence-corrected chi connectivity index (χ0v) is 11.1. The topological polar surface area (TPSA) is 19.0 Å². The van der Waals surface area contributed by atoms with Gasteiger partial charge in [-0.3, -0.25) is 0 Å². The first-order valence-electron chi connectivity index (χ1n) is 6.91. The van der Waals surface area contributed by atoms with Gasteiger partial charge in [-0.15, -0.1) is 0 Å². The van der Waals surface area contributed by atoms with Gasteiger partial charge in [0.1, 0.15) is 5.82 Å². The van der Waals surface area contributed by atoms with Crippen molar-refractivity contribution in [2.75, 3.05) is 11.4 Å². The average Bonchev–Trinajstić information content (AvgIpc) is 2.88. The first kappa shape index (κ1) is 11.5. The van der Waals surface area contributed by atoms with Crippen LogP contribution in [0.1, 0.15) is 11.3 Å². The van der Waals surface area contributed by atoms with Crippen LogP contribution in [0, 0.1) is 5.82 Å². The van der Waals surface area contributed by atoms with E-state index in [0.29, 0.717) is 5.52 Å². The highest BCUT2D eigenvalue weighted by molar-refractivity contribution is 5.85. The smallest absolute Gasteiger partial charge is 0.147 e. The number of halogens is 1. The zero-order valence-electron chi connectivity index (χ0n) is 11.1. The number of hydrogen-bond acceptors (Lipinski definition) is 1. The number of nitrogens with one attached hydrogen (secondary N) is 1. The maximum Gasteiger partial charge on any atom is 0.147 e. The van der Waals surface area contributed by atoms with Gasteiger partial charge < -0.3 is 9.88 Å². The van der Waals surface area contributed by atoms with Crippen molar-refractivity contribution in [1.82, 2.24) is 4.98 Å². The maximum absolute atomic E-state index is 13.8. The molecule has 3 aromatic rings. The average molecular weight is 266 g/mol. The number of H-pyrrole nitrogens is 1. The summed E-state index contributed by atoms with van der Waals surface area (Å²) < 4.78 is 13.8. The molecule has 0 amide bonds. The van der Waals surface area contributed by atoms with Crippen LogP contribution in [0.15, 0.2) is 48.5 Å². The van der Waals surface area contributed by atoms with E-state index in [1.807, 2.05) is 12.1 Å². The van der Waals surface area contributed by atoms with Crippen molar-refractivity contribution in [2.24, 2.45) is 0 Å². The Hall–Kier alpha value is -2.29. The van der Waals surface area contributed by atoms with Gasteiger partial charge in [0.2, 0.25) is 0 Å². The highest BCUT2D eigenvalue weighted by Gasteiger charge is 2.21. The minimum Gasteiger partial charge on any atom is -0.367 e. The summed E-state index contributed by atoms with van der Waals surface area (Å²) in [6.07, 6.45) is 0.929. The number of fused-ring (bicyclic) bond motifs is 3. The summed E-state index contributed by atoms with van der Waals surface area (Å²) in [4.78, 5) is 5.60. The Bertz CT molecular complexity index is 761. The van der Waals surface area contributed by atoms with E-state index in [-0.39, 0.29) is 5.82 Å². The summed E-state index contributed by atoms with van der Waals surface area (Å²) in [7, 11) is 0. The third-order valence-corrected chi connectivity index (χ3v) is 4.08. The van der Waals surface area contributed by atoms with Gasteiger partial charge in [0.05, 0.1) is 5.52 Å². The molecule has 1 aromatic heterocycles. The Kier molecular flexibility index (Phi) is 2.52. The van der Waals surface area contributed by atoms with E-state index in [0.717, 1.165) is 24.9 Å². The molecular formula is C17H15FN2. The van der Waals surface area contributed by atoms with Crippen LogP contribution in [0.2, 0.25) is 0 Å². The molecule has 0 bridgehead atoms. The highest BCUT2D eigenvalue weighted by Crippen LogP contribution is 2.31. The number of benzene rings is 2. The molecule has 0 atom stereocenters. The second-order valence-corrected chi connectivity index (χ2v) is 5.25. The summed E-state index contributed by atoms with van der Waals surface area (Å²) in [6.45, 7) is 1.80. The molecule has 0 saturated heterocycles. The zero-order chi connectivity index (χ0) is 13.5. The molecule has 1 aliphatic rings. The Labute approximate surface area is 116 Å². The Morgan fingerprint density at radius 3 is 2.70 bits per heavy atom. The molecule has 1 N–H and O–H groups in total. The quantitative estimate of drug-likeness (QED) is 0.708. The lowest BCUT2D eigenvalue weighted by Crippen LogP contribution is -2.29. The van der Waals surface area contributed by atoms with Gasteiger partial charge in [-0.2, -0.15) is 0 Å². The van der Waals surface area contributed by atoms with Crippen molar-refractivity contribution < 1.29 is 4.39 Å². The standard InChI is InChI=1S/C17H15FN2/c18-15-8-4-7-13-14-11-20(12-5-2-1-3-6-12)10-9-16(14)19-17(13)15/h1-8,19H,9-11H2. The fraction of sp³-hybridized carbons (Fsp3) is 0.176. The van der Waals surface area contributed by atoms with E-state index in [1.165, 1.54) is 23.0 Å². The molecule has 2 heterocycles. The molecule has 2 nitrogen and oxygen atoms in total. The lowest BCUT2D eigenvalue weighted by Gasteiger charge is -2.29. The fourth-order valence-electron chi connectivity index (χ4n) is 3.06. The van der Waals surface area contributed by atoms with Crippen molar-refractivity contribution in [1.29, 1.82) is 0 Å². The second kappa shape index (κ2) is 4.37. The molecule has 0 saturated carbocycles. The summed E-state index contributed by atoms with van der Waals surface area (Å²) >= 11 is 0. The minimum atomic E-state index is -0.164. The van der Waals surface area contributed by atoms with Crippen molar-refractivity contribution in [3.63, 3.8) is 0 Å². The highest BCUT2D eigenvalue weighted by atomic mass is 19.1. The normalized spacial score (nSPS) is 14.6. The predicted molar refractivity (Wildman–Crippen MR) is 79.5 cm³/mol. The molecule has 100 valence electrons. The monoisotopic (exact) mass is 266 g/mol. The predicted octanol–water partition coefficient (Wildman–Crippen LogP) is 3.87. The van der Waals surface area contributed by atoms with Crippen molar-refractivity contribution in [3.05, 3.63) is 65.6 Å². The lowest BCUT2D eigenvalue weighted by atomic mass is 10.0. The van der Waals surface area contributed by atoms with Crippen LogP contribution in [0.3, 0.4) is 0 Å². The second-order valence-electron chi connectivity index (χ2n) is 5.25. The van der Waals surface area contributed by atoms with Gasteiger partial charge in [-0.25, -0.2) is 4.39 Å². The molecular weight excluding hydrogens is 251 g/mol. The van der Waals surface area contributed by atoms with Gasteiger partial charge >= 0.3 is 0 Å². The van der Waals surface area contributed by atoms with E-state index < -0.39 is 0 Å².